The molecule has 6 nitrogen and oxygen atoms in total. The van der Waals surface area contributed by atoms with Gasteiger partial charge in [-0.1, -0.05) is 31.8 Å². The van der Waals surface area contributed by atoms with Crippen LogP contribution < -0.4 is 0 Å². The summed E-state index contributed by atoms with van der Waals surface area (Å²) in [5.74, 6) is 4.71. The van der Waals surface area contributed by atoms with E-state index in [4.69, 9.17) is 9.63 Å². The van der Waals surface area contributed by atoms with Gasteiger partial charge in [0.05, 0.1) is 29.3 Å². The first-order valence-electron chi connectivity index (χ1n) is 10.2. The van der Waals surface area contributed by atoms with E-state index in [0.29, 0.717) is 0 Å². The maximum Gasteiger partial charge on any atom is 0.305 e. The fraction of sp³-hybridized carbons (Fsp3) is 0.292. The van der Waals surface area contributed by atoms with E-state index in [-0.39, 0.29) is 24.5 Å². The lowest BCUT2D eigenvalue weighted by Gasteiger charge is -2.07. The van der Waals surface area contributed by atoms with Crippen LogP contribution in [-0.4, -0.2) is 39.5 Å². The summed E-state index contributed by atoms with van der Waals surface area (Å²) in [4.78, 5) is 10.6. The van der Waals surface area contributed by atoms with E-state index in [1.165, 1.54) is 12.1 Å². The smallest absolute Gasteiger partial charge is 0.305 e. The minimum atomic E-state index is -2.62. The normalized spacial score (nSPS) is 13.0. The third-order valence-electron chi connectivity index (χ3n) is 4.91. The van der Waals surface area contributed by atoms with Gasteiger partial charge in [0.25, 0.3) is 0 Å². The molecule has 3 aromatic rings. The van der Waals surface area contributed by atoms with Crippen molar-refractivity contribution in [2.24, 2.45) is 0 Å². The molecule has 0 aliphatic rings. The molecule has 32 heavy (non-hydrogen) atoms. The van der Waals surface area contributed by atoms with Gasteiger partial charge in [-0.05, 0) is 53.4 Å². The van der Waals surface area contributed by atoms with Crippen LogP contribution in [0.3, 0.4) is 0 Å². The summed E-state index contributed by atoms with van der Waals surface area (Å²) >= 11 is 0. The average molecular weight is 457 g/mol. The molecule has 2 unspecified atom stereocenters. The number of pyridine rings is 1. The highest BCUT2D eigenvalue weighted by molar-refractivity contribution is 7.39. The summed E-state index contributed by atoms with van der Waals surface area (Å²) in [7, 11) is -2.62. The molecule has 0 spiro atoms. The van der Waals surface area contributed by atoms with E-state index >= 15 is 0 Å². The predicted octanol–water partition coefficient (Wildman–Crippen LogP) is 4.55. The molecule has 0 aliphatic carbocycles. The third-order valence-corrected chi connectivity index (χ3v) is 6.18. The molecule has 0 radical (unpaired) electrons. The molecule has 2 atom stereocenters. The largest absolute Gasteiger partial charge is 0.481 e. The number of rotatable bonds is 8. The number of carboxylic acid groups (broad SMARTS) is 1. The fourth-order valence-corrected chi connectivity index (χ4v) is 4.48. The van der Waals surface area contributed by atoms with Crippen LogP contribution in [0.2, 0.25) is 0 Å². The van der Waals surface area contributed by atoms with Crippen LogP contribution in [0.1, 0.15) is 37.3 Å². The molecule has 0 saturated carbocycles. The van der Waals surface area contributed by atoms with E-state index in [0.717, 1.165) is 27.9 Å². The second-order valence-electron chi connectivity index (χ2n) is 7.67. The highest BCUT2D eigenvalue weighted by Crippen LogP contribution is 2.35. The van der Waals surface area contributed by atoms with Crippen LogP contribution in [-0.2, 0) is 13.9 Å². The monoisotopic (exact) mass is 457 g/mol. The van der Waals surface area contributed by atoms with E-state index < -0.39 is 26.5 Å². The van der Waals surface area contributed by atoms with E-state index in [1.807, 2.05) is 28.8 Å². The molecule has 1 aromatic carbocycles. The van der Waals surface area contributed by atoms with Crippen LogP contribution in [0.4, 0.5) is 4.39 Å². The lowest BCUT2D eigenvalue weighted by molar-refractivity contribution is -0.138. The van der Waals surface area contributed by atoms with Crippen LogP contribution >= 0.6 is 8.03 Å². The fourth-order valence-electron chi connectivity index (χ4n) is 3.60. The number of carboxylic acids is 1. The maximum absolute atomic E-state index is 13.5. The van der Waals surface area contributed by atoms with Crippen molar-refractivity contribution in [1.29, 1.82) is 0 Å². The molecule has 2 N–H and O–H groups in total. The minimum Gasteiger partial charge on any atom is -0.481 e. The van der Waals surface area contributed by atoms with E-state index in [2.05, 4.69) is 25.7 Å². The molecule has 2 heterocycles. The molecule has 0 aliphatic heterocycles. The van der Waals surface area contributed by atoms with Crippen molar-refractivity contribution in [3.05, 3.63) is 65.6 Å². The molecule has 2 aromatic heterocycles. The zero-order chi connectivity index (χ0) is 23.3. The lowest BCUT2D eigenvalue weighted by atomic mass is 9.97. The Morgan fingerprint density at radius 2 is 1.94 bits per heavy atom. The summed E-state index contributed by atoms with van der Waals surface area (Å²) in [5, 5.41) is 18.2. The molecule has 0 saturated heterocycles. The number of aliphatic hydroxyl groups is 1. The number of hydrogen-bond acceptors (Lipinski definition) is 4. The summed E-state index contributed by atoms with van der Waals surface area (Å²) in [6.45, 7) is 4.02. The third kappa shape index (κ3) is 5.66. The Bertz CT molecular complexity index is 1190. The van der Waals surface area contributed by atoms with Crippen molar-refractivity contribution < 1.29 is 28.5 Å². The highest BCUT2D eigenvalue weighted by Gasteiger charge is 2.20. The SMILES string of the molecule is CC(C)c1c(C#CCO[PH](=O)CC(O)CC(=O)O)c(-c2ccc(F)cc2)n2ccccc12. The summed E-state index contributed by atoms with van der Waals surface area (Å²) in [5.41, 5.74) is 4.47. The number of aliphatic carboxylic acids is 1. The average Bonchev–Trinajstić information content (AvgIpc) is 3.05. The summed E-state index contributed by atoms with van der Waals surface area (Å²) in [6.07, 6.45) is -0.000284. The van der Waals surface area contributed by atoms with Gasteiger partial charge in [-0.2, -0.15) is 0 Å². The molecule has 168 valence electrons. The van der Waals surface area contributed by atoms with Crippen LogP contribution in [0.15, 0.2) is 48.7 Å². The van der Waals surface area contributed by atoms with Gasteiger partial charge in [-0.25, -0.2) is 4.39 Å². The summed E-state index contributed by atoms with van der Waals surface area (Å²) in [6, 6.07) is 12.1. The van der Waals surface area contributed by atoms with E-state index in [9.17, 15) is 18.9 Å². The number of aromatic nitrogens is 1. The number of carbonyl (C=O) groups is 1. The van der Waals surface area contributed by atoms with Crippen molar-refractivity contribution in [3.8, 4) is 23.1 Å². The molecule has 0 amide bonds. The Hall–Kier alpha value is -2.91. The second kappa shape index (κ2) is 10.6. The van der Waals surface area contributed by atoms with Crippen LogP contribution in [0.25, 0.3) is 16.8 Å². The highest BCUT2D eigenvalue weighted by atomic mass is 31.1. The van der Waals surface area contributed by atoms with E-state index in [1.54, 1.807) is 12.1 Å². The number of halogens is 1. The molecule has 8 heteroatoms. The van der Waals surface area contributed by atoms with Gasteiger partial charge in [0.15, 0.2) is 8.03 Å². The Morgan fingerprint density at radius 1 is 1.22 bits per heavy atom. The molecular formula is C24H25FNO5P. The van der Waals surface area contributed by atoms with Gasteiger partial charge in [0.2, 0.25) is 0 Å². The minimum absolute atomic E-state index is 0.121. The second-order valence-corrected chi connectivity index (χ2v) is 9.11. The molecule has 0 bridgehead atoms. The number of hydrogen-bond donors (Lipinski definition) is 2. The van der Waals surface area contributed by atoms with Crippen molar-refractivity contribution in [2.45, 2.75) is 32.3 Å². The van der Waals surface area contributed by atoms with Crippen LogP contribution in [0, 0.1) is 17.7 Å². The first kappa shape index (κ1) is 23.7. The molecule has 0 fully saturated rings. The van der Waals surface area contributed by atoms with Crippen LogP contribution in [0.5, 0.6) is 0 Å². The van der Waals surface area contributed by atoms with Gasteiger partial charge < -0.3 is 19.1 Å². The maximum atomic E-state index is 13.5. The first-order chi connectivity index (χ1) is 15.3. The van der Waals surface area contributed by atoms with Gasteiger partial charge in [-0.15, -0.1) is 0 Å². The Balaban J connectivity index is 1.92. The molecule has 3 rings (SSSR count). The number of nitrogens with zero attached hydrogens (tertiary/aromatic N) is 1. The van der Waals surface area contributed by atoms with Crippen molar-refractivity contribution >= 4 is 19.5 Å². The standard InChI is InChI=1S/C24H25FNO5P/c1-16(2)23-20(6-5-13-31-32(30)15-19(27)14-22(28)29)24(17-8-10-18(25)11-9-17)26-12-4-3-7-21(23)26/h3-4,7-12,16,19,27,32H,13-15H2,1-2H3,(H,28,29). The Morgan fingerprint density at radius 3 is 2.59 bits per heavy atom. The Kier molecular flexibility index (Phi) is 7.87. The van der Waals surface area contributed by atoms with Gasteiger partial charge in [-0.3, -0.25) is 9.36 Å². The number of fused-ring (bicyclic) bond motifs is 1. The molecular weight excluding hydrogens is 432 g/mol. The number of aliphatic hydroxyl groups excluding tert-OH is 1. The predicted molar refractivity (Wildman–Crippen MR) is 122 cm³/mol. The lowest BCUT2D eigenvalue weighted by Crippen LogP contribution is -2.15. The van der Waals surface area contributed by atoms with Gasteiger partial charge >= 0.3 is 5.97 Å². The van der Waals surface area contributed by atoms with Gasteiger partial charge in [0, 0.05) is 12.4 Å². The van der Waals surface area contributed by atoms with Crippen molar-refractivity contribution in [1.82, 2.24) is 4.40 Å². The van der Waals surface area contributed by atoms with Crippen molar-refractivity contribution in [3.63, 3.8) is 0 Å². The zero-order valence-electron chi connectivity index (χ0n) is 17.8. The number of benzene rings is 1. The zero-order valence-corrected chi connectivity index (χ0v) is 18.8. The van der Waals surface area contributed by atoms with Crippen molar-refractivity contribution in [2.75, 3.05) is 12.8 Å². The quantitative estimate of drug-likeness (QED) is 0.383. The van der Waals surface area contributed by atoms with Gasteiger partial charge in [0.1, 0.15) is 12.4 Å². The topological polar surface area (TPSA) is 88.2 Å². The Labute approximate surface area is 186 Å². The summed E-state index contributed by atoms with van der Waals surface area (Å²) < 4.78 is 32.7. The first-order valence-corrected chi connectivity index (χ1v) is 11.7.